The van der Waals surface area contributed by atoms with E-state index in [1.54, 1.807) is 16.9 Å². The van der Waals surface area contributed by atoms with Gasteiger partial charge in [0.25, 0.3) is 0 Å². The fourth-order valence-corrected chi connectivity index (χ4v) is 3.26. The molecule has 0 aromatic carbocycles. The Labute approximate surface area is 147 Å². The van der Waals surface area contributed by atoms with Gasteiger partial charge in [-0.3, -0.25) is 15.0 Å². The number of carbonyl (C=O) groups excluding carboxylic acids is 1. The fraction of sp³-hybridized carbons (Fsp3) is 0.500. The second kappa shape index (κ2) is 8.62. The third kappa shape index (κ3) is 5.03. The molecule has 7 nitrogen and oxygen atoms in total. The molecule has 7 heteroatoms. The predicted octanol–water partition coefficient (Wildman–Crippen LogP) is 2.19. The third-order valence-corrected chi connectivity index (χ3v) is 4.67. The van der Waals surface area contributed by atoms with E-state index in [1.165, 1.54) is 0 Å². The number of rotatable bonds is 6. The molecule has 0 radical (unpaired) electrons. The predicted molar refractivity (Wildman–Crippen MR) is 95.2 cm³/mol. The number of hydrogen-bond acceptors (Lipinski definition) is 4. The fourth-order valence-electron chi connectivity index (χ4n) is 3.26. The van der Waals surface area contributed by atoms with Crippen LogP contribution in [-0.4, -0.2) is 38.6 Å². The Balaban J connectivity index is 1.48. The molecule has 2 aromatic rings. The van der Waals surface area contributed by atoms with Gasteiger partial charge in [0.2, 0.25) is 0 Å². The SMILES string of the molecule is O=C(Nc1ccn(CCc2ccccn2)n1)N[C@H]1CCCC[C@H]1CO. The summed E-state index contributed by atoms with van der Waals surface area (Å²) >= 11 is 0. The van der Waals surface area contributed by atoms with Crippen LogP contribution >= 0.6 is 0 Å². The number of carbonyl (C=O) groups is 1. The largest absolute Gasteiger partial charge is 0.396 e. The first-order chi connectivity index (χ1) is 12.2. The van der Waals surface area contributed by atoms with Crippen molar-refractivity contribution in [1.29, 1.82) is 0 Å². The summed E-state index contributed by atoms with van der Waals surface area (Å²) in [6.07, 6.45) is 8.49. The summed E-state index contributed by atoms with van der Waals surface area (Å²) in [5.41, 5.74) is 1.01. The van der Waals surface area contributed by atoms with Crippen molar-refractivity contribution in [2.45, 2.75) is 44.7 Å². The molecule has 1 aliphatic carbocycles. The van der Waals surface area contributed by atoms with Gasteiger partial charge in [0, 0.05) is 55.7 Å². The van der Waals surface area contributed by atoms with Gasteiger partial charge in [-0.25, -0.2) is 4.79 Å². The number of aromatic nitrogens is 3. The molecule has 0 unspecified atom stereocenters. The number of aliphatic hydroxyl groups is 1. The molecule has 25 heavy (non-hydrogen) atoms. The zero-order chi connectivity index (χ0) is 17.5. The number of anilines is 1. The summed E-state index contributed by atoms with van der Waals surface area (Å²) in [6.45, 7) is 0.822. The minimum atomic E-state index is -0.264. The zero-order valence-electron chi connectivity index (χ0n) is 14.3. The molecule has 1 fully saturated rings. The van der Waals surface area contributed by atoms with Gasteiger partial charge in [-0.05, 0) is 25.0 Å². The molecule has 2 atom stereocenters. The molecule has 1 aliphatic rings. The Kier molecular flexibility index (Phi) is 6.00. The lowest BCUT2D eigenvalue weighted by molar-refractivity contribution is 0.156. The average Bonchev–Trinajstić information content (AvgIpc) is 3.08. The lowest BCUT2D eigenvalue weighted by Crippen LogP contribution is -2.45. The Morgan fingerprint density at radius 3 is 2.96 bits per heavy atom. The van der Waals surface area contributed by atoms with E-state index < -0.39 is 0 Å². The Morgan fingerprint density at radius 2 is 2.16 bits per heavy atom. The van der Waals surface area contributed by atoms with Crippen LogP contribution in [0, 0.1) is 5.92 Å². The quantitative estimate of drug-likeness (QED) is 0.750. The summed E-state index contributed by atoms with van der Waals surface area (Å²) in [4.78, 5) is 16.5. The monoisotopic (exact) mass is 343 g/mol. The minimum Gasteiger partial charge on any atom is -0.396 e. The first kappa shape index (κ1) is 17.4. The van der Waals surface area contributed by atoms with Crippen LogP contribution in [0.2, 0.25) is 0 Å². The molecular formula is C18H25N5O2. The minimum absolute atomic E-state index is 0.0324. The van der Waals surface area contributed by atoms with Crippen molar-refractivity contribution in [1.82, 2.24) is 20.1 Å². The van der Waals surface area contributed by atoms with Gasteiger partial charge in [0.1, 0.15) is 0 Å². The molecule has 0 saturated heterocycles. The van der Waals surface area contributed by atoms with E-state index in [2.05, 4.69) is 20.7 Å². The summed E-state index contributed by atoms with van der Waals surface area (Å²) in [5.74, 6) is 0.672. The molecule has 2 amide bonds. The van der Waals surface area contributed by atoms with Crippen LogP contribution in [0.1, 0.15) is 31.4 Å². The molecule has 2 heterocycles. The summed E-state index contributed by atoms with van der Waals surface area (Å²) in [7, 11) is 0. The second-order valence-corrected chi connectivity index (χ2v) is 6.47. The first-order valence-electron chi connectivity index (χ1n) is 8.86. The normalized spacial score (nSPS) is 20.2. The molecule has 3 rings (SSSR count). The molecule has 3 N–H and O–H groups in total. The third-order valence-electron chi connectivity index (χ3n) is 4.67. The summed E-state index contributed by atoms with van der Waals surface area (Å²) in [5, 5.41) is 19.5. The molecule has 0 spiro atoms. The van der Waals surface area contributed by atoms with Crippen LogP contribution in [0.4, 0.5) is 10.6 Å². The van der Waals surface area contributed by atoms with Crippen LogP contribution in [0.25, 0.3) is 0 Å². The number of nitrogens with zero attached hydrogens (tertiary/aromatic N) is 3. The van der Waals surface area contributed by atoms with Crippen LogP contribution < -0.4 is 10.6 Å². The summed E-state index contributed by atoms with van der Waals surface area (Å²) in [6, 6.07) is 7.39. The number of aliphatic hydroxyl groups excluding tert-OH is 1. The lowest BCUT2D eigenvalue weighted by atomic mass is 9.85. The van der Waals surface area contributed by atoms with Crippen molar-refractivity contribution in [3.05, 3.63) is 42.4 Å². The topological polar surface area (TPSA) is 92.1 Å². The smallest absolute Gasteiger partial charge is 0.320 e. The van der Waals surface area contributed by atoms with E-state index in [0.717, 1.165) is 37.8 Å². The van der Waals surface area contributed by atoms with E-state index in [-0.39, 0.29) is 24.6 Å². The molecule has 134 valence electrons. The number of nitrogens with one attached hydrogen (secondary N) is 2. The highest BCUT2D eigenvalue weighted by atomic mass is 16.3. The number of urea groups is 1. The second-order valence-electron chi connectivity index (χ2n) is 6.47. The van der Waals surface area contributed by atoms with E-state index >= 15 is 0 Å². The Hall–Kier alpha value is -2.41. The highest BCUT2D eigenvalue weighted by Crippen LogP contribution is 2.24. The average molecular weight is 343 g/mol. The van der Waals surface area contributed by atoms with Crippen molar-refractivity contribution in [3.8, 4) is 0 Å². The highest BCUT2D eigenvalue weighted by molar-refractivity contribution is 5.88. The maximum atomic E-state index is 12.2. The van der Waals surface area contributed by atoms with Crippen molar-refractivity contribution in [2.75, 3.05) is 11.9 Å². The Morgan fingerprint density at radius 1 is 1.28 bits per heavy atom. The molecule has 1 saturated carbocycles. The molecule has 2 aromatic heterocycles. The van der Waals surface area contributed by atoms with Crippen LogP contribution in [0.15, 0.2) is 36.7 Å². The van der Waals surface area contributed by atoms with E-state index in [0.29, 0.717) is 12.4 Å². The maximum absolute atomic E-state index is 12.2. The van der Waals surface area contributed by atoms with Gasteiger partial charge in [-0.1, -0.05) is 18.9 Å². The summed E-state index contributed by atoms with van der Waals surface area (Å²) < 4.78 is 1.79. The van der Waals surface area contributed by atoms with Gasteiger partial charge >= 0.3 is 6.03 Å². The standard InChI is InChI=1S/C18H25N5O2/c24-13-14-5-1-2-7-16(14)20-18(25)21-17-9-12-23(22-17)11-8-15-6-3-4-10-19-15/h3-4,6,9-10,12,14,16,24H,1-2,5,7-8,11,13H2,(H2,20,21,22,25)/t14-,16-/m0/s1. The number of aryl methyl sites for hydroxylation is 2. The lowest BCUT2D eigenvalue weighted by Gasteiger charge is -2.30. The van der Waals surface area contributed by atoms with Crippen molar-refractivity contribution in [3.63, 3.8) is 0 Å². The van der Waals surface area contributed by atoms with Crippen LogP contribution in [0.5, 0.6) is 0 Å². The zero-order valence-corrected chi connectivity index (χ0v) is 14.3. The molecule has 0 aliphatic heterocycles. The number of pyridine rings is 1. The number of amides is 2. The maximum Gasteiger partial charge on any atom is 0.320 e. The van der Waals surface area contributed by atoms with Crippen molar-refractivity contribution < 1.29 is 9.90 Å². The Bertz CT molecular complexity index is 673. The van der Waals surface area contributed by atoms with Gasteiger partial charge in [0.15, 0.2) is 5.82 Å². The van der Waals surface area contributed by atoms with Crippen LogP contribution in [0.3, 0.4) is 0 Å². The van der Waals surface area contributed by atoms with E-state index in [4.69, 9.17) is 0 Å². The van der Waals surface area contributed by atoms with Gasteiger partial charge in [-0.2, -0.15) is 5.10 Å². The van der Waals surface area contributed by atoms with Crippen molar-refractivity contribution in [2.24, 2.45) is 5.92 Å². The number of hydrogen-bond donors (Lipinski definition) is 3. The van der Waals surface area contributed by atoms with E-state index in [1.807, 2.05) is 24.4 Å². The van der Waals surface area contributed by atoms with Crippen LogP contribution in [-0.2, 0) is 13.0 Å². The molecule has 0 bridgehead atoms. The first-order valence-corrected chi connectivity index (χ1v) is 8.86. The van der Waals surface area contributed by atoms with Gasteiger partial charge in [-0.15, -0.1) is 0 Å². The molecular weight excluding hydrogens is 318 g/mol. The van der Waals surface area contributed by atoms with Gasteiger partial charge in [0.05, 0.1) is 0 Å². The van der Waals surface area contributed by atoms with Crippen molar-refractivity contribution >= 4 is 11.8 Å². The van der Waals surface area contributed by atoms with Gasteiger partial charge < -0.3 is 10.4 Å². The van der Waals surface area contributed by atoms with E-state index in [9.17, 15) is 9.90 Å². The highest BCUT2D eigenvalue weighted by Gasteiger charge is 2.25.